The van der Waals surface area contributed by atoms with Crippen LogP contribution in [-0.2, 0) is 16.1 Å². The second kappa shape index (κ2) is 11.8. The van der Waals surface area contributed by atoms with E-state index in [-0.39, 0.29) is 18.4 Å². The molecule has 2 aromatic rings. The first kappa shape index (κ1) is 23.2. The smallest absolute Gasteiger partial charge is 0.261 e. The molecule has 0 spiro atoms. The van der Waals surface area contributed by atoms with Crippen molar-refractivity contribution in [2.24, 2.45) is 0 Å². The van der Waals surface area contributed by atoms with E-state index in [1.54, 1.807) is 31.2 Å². The van der Waals surface area contributed by atoms with Gasteiger partial charge in [0.15, 0.2) is 6.61 Å². The highest BCUT2D eigenvalue weighted by molar-refractivity contribution is 9.10. The number of rotatable bonds is 10. The Morgan fingerprint density at radius 2 is 1.93 bits per heavy atom. The topological polar surface area (TPSA) is 58.6 Å². The number of benzene rings is 2. The Hall–Kier alpha value is -2.05. The number of unbranched alkanes of at least 4 members (excludes halogenated alkanes) is 1. The van der Waals surface area contributed by atoms with E-state index in [0.29, 0.717) is 23.9 Å². The predicted molar refractivity (Wildman–Crippen MR) is 119 cm³/mol. The van der Waals surface area contributed by atoms with E-state index in [4.69, 9.17) is 16.3 Å². The fraction of sp³-hybridized carbons (Fsp3) is 0.364. The fourth-order valence-corrected chi connectivity index (χ4v) is 3.13. The van der Waals surface area contributed by atoms with Crippen molar-refractivity contribution in [2.45, 2.75) is 39.3 Å². The first-order chi connectivity index (χ1) is 13.9. The molecule has 2 aromatic carbocycles. The number of ether oxygens (including phenoxy) is 1. The highest BCUT2D eigenvalue weighted by atomic mass is 79.9. The van der Waals surface area contributed by atoms with Crippen molar-refractivity contribution in [1.82, 2.24) is 10.2 Å². The van der Waals surface area contributed by atoms with Crippen LogP contribution in [0.4, 0.5) is 0 Å². The maximum absolute atomic E-state index is 12.9. The summed E-state index contributed by atoms with van der Waals surface area (Å²) in [5.74, 6) is 0.0622. The van der Waals surface area contributed by atoms with Gasteiger partial charge in [-0.05, 0) is 49.2 Å². The summed E-state index contributed by atoms with van der Waals surface area (Å²) >= 11 is 9.37. The van der Waals surface area contributed by atoms with Gasteiger partial charge < -0.3 is 15.0 Å². The van der Waals surface area contributed by atoms with Gasteiger partial charge in [0.2, 0.25) is 5.91 Å². The molecule has 0 aromatic heterocycles. The summed E-state index contributed by atoms with van der Waals surface area (Å²) in [6.45, 7) is 4.53. The molecule has 0 saturated heterocycles. The lowest BCUT2D eigenvalue weighted by molar-refractivity contribution is -0.142. The molecule has 7 heteroatoms. The van der Waals surface area contributed by atoms with Crippen LogP contribution in [0.5, 0.6) is 5.75 Å². The number of amides is 2. The molecule has 0 heterocycles. The van der Waals surface area contributed by atoms with Gasteiger partial charge in [0.25, 0.3) is 5.91 Å². The van der Waals surface area contributed by atoms with Crippen molar-refractivity contribution in [3.05, 3.63) is 63.6 Å². The number of nitrogens with one attached hydrogen (secondary N) is 1. The van der Waals surface area contributed by atoms with E-state index in [1.165, 1.54) is 4.90 Å². The third kappa shape index (κ3) is 7.71. The minimum absolute atomic E-state index is 0.174. The Morgan fingerprint density at radius 3 is 2.59 bits per heavy atom. The Kier molecular flexibility index (Phi) is 9.48. The van der Waals surface area contributed by atoms with Crippen molar-refractivity contribution in [3.63, 3.8) is 0 Å². The molecule has 2 amide bonds. The highest BCUT2D eigenvalue weighted by Crippen LogP contribution is 2.18. The monoisotopic (exact) mass is 480 g/mol. The quantitative estimate of drug-likeness (QED) is 0.495. The van der Waals surface area contributed by atoms with Crippen LogP contribution in [0.15, 0.2) is 53.0 Å². The van der Waals surface area contributed by atoms with E-state index in [0.717, 1.165) is 22.9 Å². The zero-order chi connectivity index (χ0) is 21.2. The molecule has 29 heavy (non-hydrogen) atoms. The summed E-state index contributed by atoms with van der Waals surface area (Å²) in [6, 6.07) is 13.9. The summed E-state index contributed by atoms with van der Waals surface area (Å²) in [6.07, 6.45) is 1.89. The third-order valence-corrected chi connectivity index (χ3v) is 5.19. The predicted octanol–water partition coefficient (Wildman–Crippen LogP) is 4.81. The summed E-state index contributed by atoms with van der Waals surface area (Å²) < 4.78 is 6.55. The number of hydrogen-bond acceptors (Lipinski definition) is 3. The number of hydrogen-bond donors (Lipinski definition) is 1. The minimum Gasteiger partial charge on any atom is -0.484 e. The Balaban J connectivity index is 2.10. The number of carbonyl (C=O) groups excluding carboxylic acids is 2. The molecular weight excluding hydrogens is 456 g/mol. The third-order valence-electron chi connectivity index (χ3n) is 4.42. The van der Waals surface area contributed by atoms with E-state index in [1.807, 2.05) is 24.3 Å². The maximum Gasteiger partial charge on any atom is 0.261 e. The molecule has 0 aliphatic carbocycles. The largest absolute Gasteiger partial charge is 0.484 e. The Bertz CT molecular complexity index is 814. The van der Waals surface area contributed by atoms with Crippen molar-refractivity contribution < 1.29 is 14.3 Å². The molecule has 0 radical (unpaired) electrons. The maximum atomic E-state index is 12.9. The molecule has 0 bridgehead atoms. The van der Waals surface area contributed by atoms with E-state index >= 15 is 0 Å². The minimum atomic E-state index is -0.619. The Morgan fingerprint density at radius 1 is 1.21 bits per heavy atom. The lowest BCUT2D eigenvalue weighted by atomic mass is 10.1. The van der Waals surface area contributed by atoms with Crippen LogP contribution in [0.1, 0.15) is 32.3 Å². The van der Waals surface area contributed by atoms with Crippen LogP contribution in [0, 0.1) is 0 Å². The average Bonchev–Trinajstić information content (AvgIpc) is 2.71. The van der Waals surface area contributed by atoms with Gasteiger partial charge in [0.1, 0.15) is 11.8 Å². The summed E-state index contributed by atoms with van der Waals surface area (Å²) in [5.41, 5.74) is 0.928. The summed E-state index contributed by atoms with van der Waals surface area (Å²) in [4.78, 5) is 27.0. The van der Waals surface area contributed by atoms with Gasteiger partial charge in [0, 0.05) is 22.6 Å². The molecule has 1 N–H and O–H groups in total. The molecule has 0 aliphatic rings. The van der Waals surface area contributed by atoms with E-state index in [2.05, 4.69) is 28.2 Å². The number of nitrogens with zero attached hydrogens (tertiary/aromatic N) is 1. The van der Waals surface area contributed by atoms with Crippen LogP contribution in [-0.4, -0.2) is 35.9 Å². The van der Waals surface area contributed by atoms with Crippen molar-refractivity contribution in [2.75, 3.05) is 13.2 Å². The highest BCUT2D eigenvalue weighted by Gasteiger charge is 2.26. The van der Waals surface area contributed by atoms with E-state index < -0.39 is 6.04 Å². The van der Waals surface area contributed by atoms with Gasteiger partial charge in [-0.3, -0.25) is 9.59 Å². The second-order valence-electron chi connectivity index (χ2n) is 6.71. The van der Waals surface area contributed by atoms with Crippen molar-refractivity contribution in [1.29, 1.82) is 0 Å². The first-order valence-electron chi connectivity index (χ1n) is 9.60. The fourth-order valence-electron chi connectivity index (χ4n) is 2.69. The molecule has 156 valence electrons. The standard InChI is InChI=1S/C22H26BrClN2O3/c1-3-4-12-25-22(28)16(2)26(14-17-8-10-18(23)11-9-17)21(27)15-29-20-7-5-6-19(24)13-20/h5-11,13,16H,3-4,12,14-15H2,1-2H3,(H,25,28)/t16-/m0/s1. The second-order valence-corrected chi connectivity index (χ2v) is 8.07. The molecule has 1 atom stereocenters. The molecule has 5 nitrogen and oxygen atoms in total. The lowest BCUT2D eigenvalue weighted by Gasteiger charge is -2.28. The van der Waals surface area contributed by atoms with Gasteiger partial charge in [-0.15, -0.1) is 0 Å². The van der Waals surface area contributed by atoms with Gasteiger partial charge in [-0.2, -0.15) is 0 Å². The number of carbonyl (C=O) groups is 2. The van der Waals surface area contributed by atoms with Crippen LogP contribution in [0.25, 0.3) is 0 Å². The van der Waals surface area contributed by atoms with Gasteiger partial charge in [-0.25, -0.2) is 0 Å². The summed E-state index contributed by atoms with van der Waals surface area (Å²) in [7, 11) is 0. The van der Waals surface area contributed by atoms with E-state index in [9.17, 15) is 9.59 Å². The summed E-state index contributed by atoms with van der Waals surface area (Å²) in [5, 5.41) is 3.43. The molecule has 2 rings (SSSR count). The Labute approximate surface area is 185 Å². The van der Waals surface area contributed by atoms with Gasteiger partial charge >= 0.3 is 0 Å². The van der Waals surface area contributed by atoms with Crippen molar-refractivity contribution in [3.8, 4) is 5.75 Å². The molecular formula is C22H26BrClN2O3. The van der Waals surface area contributed by atoms with Crippen LogP contribution >= 0.6 is 27.5 Å². The van der Waals surface area contributed by atoms with Crippen LogP contribution in [0.2, 0.25) is 5.02 Å². The normalized spacial score (nSPS) is 11.6. The zero-order valence-corrected chi connectivity index (χ0v) is 19.0. The number of halogens is 2. The zero-order valence-electron chi connectivity index (χ0n) is 16.7. The molecule has 0 saturated carbocycles. The van der Waals surface area contributed by atoms with Gasteiger partial charge in [-0.1, -0.05) is 59.1 Å². The average molecular weight is 482 g/mol. The SMILES string of the molecule is CCCCNC(=O)[C@H](C)N(Cc1ccc(Br)cc1)C(=O)COc1cccc(Cl)c1. The van der Waals surface area contributed by atoms with Gasteiger partial charge in [0.05, 0.1) is 0 Å². The molecule has 0 aliphatic heterocycles. The molecule has 0 unspecified atom stereocenters. The van der Waals surface area contributed by atoms with Crippen LogP contribution in [0.3, 0.4) is 0 Å². The van der Waals surface area contributed by atoms with Crippen LogP contribution < -0.4 is 10.1 Å². The lowest BCUT2D eigenvalue weighted by Crippen LogP contribution is -2.49. The molecule has 0 fully saturated rings. The van der Waals surface area contributed by atoms with Crippen molar-refractivity contribution >= 4 is 39.3 Å². The first-order valence-corrected chi connectivity index (χ1v) is 10.8.